The maximum atomic E-state index is 12.3. The molecule has 1 aliphatic carbocycles. The quantitative estimate of drug-likeness (QED) is 0.856. The van der Waals surface area contributed by atoms with E-state index in [0.29, 0.717) is 5.56 Å². The molecule has 1 N–H and O–H groups in total. The van der Waals surface area contributed by atoms with Crippen molar-refractivity contribution in [3.05, 3.63) is 15.8 Å². The summed E-state index contributed by atoms with van der Waals surface area (Å²) < 4.78 is 31.8. The third-order valence-corrected chi connectivity index (χ3v) is 5.97. The molecule has 0 saturated heterocycles. The topological polar surface area (TPSA) is 72.5 Å². The molecule has 1 saturated carbocycles. The van der Waals surface area contributed by atoms with Crippen LogP contribution in [0.2, 0.25) is 0 Å². The first-order valence-corrected chi connectivity index (χ1v) is 7.86. The van der Waals surface area contributed by atoms with Crippen LogP contribution in [0.15, 0.2) is 10.3 Å². The largest absolute Gasteiger partial charge is 0.465 e. The van der Waals surface area contributed by atoms with Crippen molar-refractivity contribution >= 4 is 27.3 Å². The van der Waals surface area contributed by atoms with Crippen LogP contribution >= 0.6 is 11.3 Å². The predicted octanol–water partition coefficient (Wildman–Crippen LogP) is 1.67. The standard InChI is InChI=1S/C11H15NO4S2/c1-7-6-17-8(10(13)16-3)9(7)18(14,15)12-11(2)4-5-11/h6,12H,4-5H2,1-3H3. The van der Waals surface area contributed by atoms with Crippen LogP contribution in [0.3, 0.4) is 0 Å². The first kappa shape index (κ1) is 13.5. The van der Waals surface area contributed by atoms with E-state index in [9.17, 15) is 13.2 Å². The van der Waals surface area contributed by atoms with E-state index in [2.05, 4.69) is 9.46 Å². The molecule has 0 unspecified atom stereocenters. The van der Waals surface area contributed by atoms with Gasteiger partial charge in [-0.2, -0.15) is 0 Å². The average Bonchev–Trinajstić information content (AvgIpc) is 2.84. The molecule has 0 atom stereocenters. The molecule has 1 aromatic heterocycles. The van der Waals surface area contributed by atoms with Gasteiger partial charge < -0.3 is 4.74 Å². The number of carbonyl (C=O) groups is 1. The molecule has 100 valence electrons. The van der Waals surface area contributed by atoms with Gasteiger partial charge in [-0.1, -0.05) is 0 Å². The summed E-state index contributed by atoms with van der Waals surface area (Å²) in [6.45, 7) is 3.52. The number of hydrogen-bond acceptors (Lipinski definition) is 5. The minimum atomic E-state index is -3.67. The van der Waals surface area contributed by atoms with Gasteiger partial charge in [-0.3, -0.25) is 0 Å². The third kappa shape index (κ3) is 2.43. The molecule has 0 aromatic carbocycles. The Morgan fingerprint density at radius 2 is 2.11 bits per heavy atom. The van der Waals surface area contributed by atoms with Gasteiger partial charge in [-0.05, 0) is 37.6 Å². The van der Waals surface area contributed by atoms with Gasteiger partial charge in [0.25, 0.3) is 0 Å². The Labute approximate surface area is 110 Å². The minimum Gasteiger partial charge on any atom is -0.465 e. The Balaban J connectivity index is 2.43. The fourth-order valence-electron chi connectivity index (χ4n) is 1.67. The number of aryl methyl sites for hydroxylation is 1. The van der Waals surface area contributed by atoms with Gasteiger partial charge in [0, 0.05) is 5.54 Å². The molecule has 1 fully saturated rings. The van der Waals surface area contributed by atoms with Crippen LogP contribution in [0.1, 0.15) is 35.0 Å². The van der Waals surface area contributed by atoms with Crippen molar-refractivity contribution in [2.24, 2.45) is 0 Å². The highest BCUT2D eigenvalue weighted by Crippen LogP contribution is 2.37. The minimum absolute atomic E-state index is 0.0486. The molecule has 1 heterocycles. The summed E-state index contributed by atoms with van der Waals surface area (Å²) in [5.41, 5.74) is 0.206. The number of methoxy groups -OCH3 is 1. The lowest BCUT2D eigenvalue weighted by Gasteiger charge is -2.13. The Morgan fingerprint density at radius 1 is 1.50 bits per heavy atom. The lowest BCUT2D eigenvalue weighted by Crippen LogP contribution is -2.35. The van der Waals surface area contributed by atoms with Crippen LogP contribution in [0.4, 0.5) is 0 Å². The second kappa shape index (κ2) is 4.32. The number of ether oxygens (including phenoxy) is 1. The molecule has 7 heteroatoms. The second-order valence-electron chi connectivity index (χ2n) is 4.73. The van der Waals surface area contributed by atoms with E-state index >= 15 is 0 Å². The second-order valence-corrected chi connectivity index (χ2v) is 7.23. The van der Waals surface area contributed by atoms with Gasteiger partial charge in [-0.25, -0.2) is 17.9 Å². The number of nitrogens with one attached hydrogen (secondary N) is 1. The zero-order chi connectivity index (χ0) is 13.6. The lowest BCUT2D eigenvalue weighted by atomic mass is 10.3. The normalized spacial score (nSPS) is 17.5. The van der Waals surface area contributed by atoms with Gasteiger partial charge in [0.05, 0.1) is 7.11 Å². The lowest BCUT2D eigenvalue weighted by molar-refractivity contribution is 0.0602. The molecule has 1 aliphatic rings. The van der Waals surface area contributed by atoms with E-state index in [0.717, 1.165) is 24.2 Å². The van der Waals surface area contributed by atoms with Crippen molar-refractivity contribution in [2.45, 2.75) is 37.1 Å². The molecule has 5 nitrogen and oxygen atoms in total. The van der Waals surface area contributed by atoms with Crippen molar-refractivity contribution in [1.82, 2.24) is 4.72 Å². The van der Waals surface area contributed by atoms with Gasteiger partial charge in [0.15, 0.2) is 0 Å². The zero-order valence-corrected chi connectivity index (χ0v) is 12.1. The molecule has 0 radical (unpaired) electrons. The summed E-state index contributed by atoms with van der Waals surface area (Å²) >= 11 is 1.09. The summed E-state index contributed by atoms with van der Waals surface area (Å²) in [4.78, 5) is 11.8. The first-order chi connectivity index (χ1) is 8.29. The highest BCUT2D eigenvalue weighted by Gasteiger charge is 2.42. The van der Waals surface area contributed by atoms with Crippen LogP contribution in [-0.4, -0.2) is 27.0 Å². The van der Waals surface area contributed by atoms with E-state index in [1.807, 2.05) is 6.92 Å². The summed E-state index contributed by atoms with van der Waals surface area (Å²) in [5, 5.41) is 1.65. The zero-order valence-electron chi connectivity index (χ0n) is 10.4. The maximum Gasteiger partial charge on any atom is 0.349 e. The molecule has 0 amide bonds. The SMILES string of the molecule is COC(=O)c1scc(C)c1S(=O)(=O)NC1(C)CC1. The van der Waals surface area contributed by atoms with E-state index in [4.69, 9.17) is 0 Å². The maximum absolute atomic E-state index is 12.3. The van der Waals surface area contributed by atoms with E-state index in [-0.39, 0.29) is 15.3 Å². The van der Waals surface area contributed by atoms with E-state index < -0.39 is 16.0 Å². The Morgan fingerprint density at radius 3 is 2.61 bits per heavy atom. The molecule has 2 rings (SSSR count). The summed E-state index contributed by atoms with van der Waals surface area (Å²) in [6.07, 6.45) is 1.64. The molecular formula is C11H15NO4S2. The Hall–Kier alpha value is -0.920. The van der Waals surface area contributed by atoms with Crippen LogP contribution in [0.25, 0.3) is 0 Å². The smallest absolute Gasteiger partial charge is 0.349 e. The van der Waals surface area contributed by atoms with Crippen molar-refractivity contribution in [1.29, 1.82) is 0 Å². The molecule has 0 bridgehead atoms. The number of carbonyl (C=O) groups excluding carboxylic acids is 1. The fraction of sp³-hybridized carbons (Fsp3) is 0.545. The van der Waals surface area contributed by atoms with Crippen LogP contribution < -0.4 is 4.72 Å². The highest BCUT2D eigenvalue weighted by molar-refractivity contribution is 7.89. The number of thiophene rings is 1. The van der Waals surface area contributed by atoms with Crippen LogP contribution in [-0.2, 0) is 14.8 Å². The van der Waals surface area contributed by atoms with Crippen molar-refractivity contribution in [3.63, 3.8) is 0 Å². The van der Waals surface area contributed by atoms with Gasteiger partial charge in [-0.15, -0.1) is 11.3 Å². The van der Waals surface area contributed by atoms with Gasteiger partial charge >= 0.3 is 5.97 Å². The monoisotopic (exact) mass is 289 g/mol. The van der Waals surface area contributed by atoms with E-state index in [1.54, 1.807) is 12.3 Å². The third-order valence-electron chi connectivity index (χ3n) is 2.94. The van der Waals surface area contributed by atoms with Crippen LogP contribution in [0.5, 0.6) is 0 Å². The molecule has 18 heavy (non-hydrogen) atoms. The molecule has 0 spiro atoms. The summed E-state index contributed by atoms with van der Waals surface area (Å²) in [5.74, 6) is -0.616. The molecule has 0 aliphatic heterocycles. The Kier molecular flexibility index (Phi) is 3.25. The van der Waals surface area contributed by atoms with Crippen molar-refractivity contribution in [2.75, 3.05) is 7.11 Å². The number of rotatable bonds is 4. The number of esters is 1. The highest BCUT2D eigenvalue weighted by atomic mass is 32.2. The Bertz CT molecular complexity index is 584. The summed E-state index contributed by atoms with van der Waals surface area (Å²) in [6, 6.07) is 0. The van der Waals surface area contributed by atoms with Crippen molar-refractivity contribution in [3.8, 4) is 0 Å². The molecule has 1 aromatic rings. The fourth-order valence-corrected chi connectivity index (χ4v) is 4.84. The van der Waals surface area contributed by atoms with Gasteiger partial charge in [0.2, 0.25) is 10.0 Å². The van der Waals surface area contributed by atoms with Crippen molar-refractivity contribution < 1.29 is 17.9 Å². The first-order valence-electron chi connectivity index (χ1n) is 5.49. The number of hydrogen-bond donors (Lipinski definition) is 1. The van der Waals surface area contributed by atoms with Crippen LogP contribution in [0, 0.1) is 6.92 Å². The average molecular weight is 289 g/mol. The predicted molar refractivity (Wildman–Crippen MR) is 68.4 cm³/mol. The summed E-state index contributed by atoms with van der Waals surface area (Å²) in [7, 11) is -2.43. The molecular weight excluding hydrogens is 274 g/mol. The van der Waals surface area contributed by atoms with Gasteiger partial charge in [0.1, 0.15) is 9.77 Å². The number of sulfonamides is 1. The van der Waals surface area contributed by atoms with E-state index in [1.165, 1.54) is 7.11 Å².